The zero-order valence-electron chi connectivity index (χ0n) is 8.57. The number of hydrogen-bond acceptors (Lipinski definition) is 2. The molecule has 1 aliphatic rings. The van der Waals surface area contributed by atoms with Crippen LogP contribution in [-0.2, 0) is 15.9 Å². The Hall–Kier alpha value is -1.32. The maximum Gasteiger partial charge on any atom is 0.184 e. The predicted octanol–water partition coefficient (Wildman–Crippen LogP) is 2.08. The van der Waals surface area contributed by atoms with E-state index in [1.54, 1.807) is 7.11 Å². The average Bonchev–Trinajstić information content (AvgIpc) is 2.87. The minimum absolute atomic E-state index is 0.00332. The van der Waals surface area contributed by atoms with Gasteiger partial charge >= 0.3 is 0 Å². The van der Waals surface area contributed by atoms with E-state index in [0.717, 1.165) is 6.42 Å². The first-order chi connectivity index (χ1) is 7.36. The van der Waals surface area contributed by atoms with E-state index in [0.29, 0.717) is 0 Å². The summed E-state index contributed by atoms with van der Waals surface area (Å²) in [6.07, 6.45) is 1.12. The summed E-state index contributed by atoms with van der Waals surface area (Å²) in [5.74, 6) is 0. The van der Waals surface area contributed by atoms with Crippen molar-refractivity contribution in [3.63, 3.8) is 0 Å². The maximum atomic E-state index is 5.32. The van der Waals surface area contributed by atoms with Gasteiger partial charge < -0.3 is 14.5 Å². The highest BCUT2D eigenvalue weighted by Crippen LogP contribution is 2.27. The third kappa shape index (κ3) is 1.64. The van der Waals surface area contributed by atoms with Crippen LogP contribution in [0.15, 0.2) is 30.3 Å². The van der Waals surface area contributed by atoms with Crippen molar-refractivity contribution in [3.05, 3.63) is 36.0 Å². The molecule has 3 heteroatoms. The van der Waals surface area contributed by atoms with Crippen molar-refractivity contribution in [1.29, 1.82) is 0 Å². The van der Waals surface area contributed by atoms with Gasteiger partial charge in [0, 0.05) is 24.7 Å². The van der Waals surface area contributed by atoms with Crippen LogP contribution in [0, 0.1) is 0 Å². The Balaban J connectivity index is 1.81. The summed E-state index contributed by atoms with van der Waals surface area (Å²) >= 11 is 0. The van der Waals surface area contributed by atoms with Crippen LogP contribution in [0.5, 0.6) is 0 Å². The fourth-order valence-electron chi connectivity index (χ4n) is 1.94. The van der Waals surface area contributed by atoms with Gasteiger partial charge in [-0.2, -0.15) is 0 Å². The molecule has 2 unspecified atom stereocenters. The molecule has 1 saturated heterocycles. The van der Waals surface area contributed by atoms with Crippen LogP contribution in [0.25, 0.3) is 10.9 Å². The van der Waals surface area contributed by atoms with Crippen molar-refractivity contribution in [2.24, 2.45) is 0 Å². The molecule has 15 heavy (non-hydrogen) atoms. The van der Waals surface area contributed by atoms with E-state index in [4.69, 9.17) is 9.47 Å². The second-order valence-corrected chi connectivity index (χ2v) is 3.86. The van der Waals surface area contributed by atoms with Gasteiger partial charge in [-0.1, -0.05) is 18.2 Å². The number of hydrogen-bond donors (Lipinski definition) is 1. The van der Waals surface area contributed by atoms with E-state index >= 15 is 0 Å². The number of H-pyrrole nitrogens is 1. The molecule has 1 aromatic carbocycles. The molecule has 1 N–H and O–H groups in total. The Bertz CT molecular complexity index is 444. The molecule has 0 aliphatic carbocycles. The maximum absolute atomic E-state index is 5.32. The number of aromatic amines is 1. The number of methoxy groups -OCH3 is 1. The van der Waals surface area contributed by atoms with Crippen LogP contribution in [0.3, 0.4) is 0 Å². The molecule has 1 fully saturated rings. The van der Waals surface area contributed by atoms with Crippen LogP contribution in [0.1, 0.15) is 5.69 Å². The topological polar surface area (TPSA) is 37.5 Å². The number of aromatic nitrogens is 1. The lowest BCUT2D eigenvalue weighted by Gasteiger charge is -1.91. The summed E-state index contributed by atoms with van der Waals surface area (Å²) in [5, 5.41) is 1.25. The molecule has 2 aromatic rings. The monoisotopic (exact) mass is 203 g/mol. The van der Waals surface area contributed by atoms with Gasteiger partial charge in [0.2, 0.25) is 0 Å². The smallest absolute Gasteiger partial charge is 0.184 e. The van der Waals surface area contributed by atoms with Crippen LogP contribution in [-0.4, -0.2) is 24.5 Å². The number of epoxide rings is 1. The molecule has 0 radical (unpaired) electrons. The second-order valence-electron chi connectivity index (χ2n) is 3.86. The summed E-state index contributed by atoms with van der Waals surface area (Å²) in [6.45, 7) is 0. The third-order valence-corrected chi connectivity index (χ3v) is 2.78. The summed E-state index contributed by atoms with van der Waals surface area (Å²) in [4.78, 5) is 3.38. The van der Waals surface area contributed by atoms with Crippen molar-refractivity contribution in [2.45, 2.75) is 18.8 Å². The molecule has 2 heterocycles. The van der Waals surface area contributed by atoms with Gasteiger partial charge in [0.25, 0.3) is 0 Å². The number of ether oxygens (including phenoxy) is 2. The Morgan fingerprint density at radius 2 is 2.27 bits per heavy atom. The van der Waals surface area contributed by atoms with Gasteiger partial charge in [0.15, 0.2) is 6.29 Å². The van der Waals surface area contributed by atoms with Crippen molar-refractivity contribution in [3.8, 4) is 0 Å². The first-order valence-electron chi connectivity index (χ1n) is 5.12. The van der Waals surface area contributed by atoms with Crippen LogP contribution in [0.4, 0.5) is 0 Å². The Morgan fingerprint density at radius 3 is 3.00 bits per heavy atom. The molecular formula is C12H13NO2. The molecule has 1 aliphatic heterocycles. The standard InChI is InChI=1S/C12H13NO2/c1-14-12-11(15-12)7-9-6-8-4-2-3-5-10(8)13-9/h2-6,11-13H,7H2,1H3. The summed E-state index contributed by atoms with van der Waals surface area (Å²) in [6, 6.07) is 10.4. The molecule has 3 nitrogen and oxygen atoms in total. The first-order valence-corrected chi connectivity index (χ1v) is 5.12. The number of fused-ring (bicyclic) bond motifs is 1. The van der Waals surface area contributed by atoms with E-state index in [1.165, 1.54) is 16.6 Å². The van der Waals surface area contributed by atoms with Gasteiger partial charge in [-0.15, -0.1) is 0 Å². The molecule has 2 atom stereocenters. The van der Waals surface area contributed by atoms with Gasteiger partial charge in [0.1, 0.15) is 6.10 Å². The SMILES string of the molecule is COC1OC1Cc1cc2ccccc2[nH]1. The van der Waals surface area contributed by atoms with Gasteiger partial charge in [0.05, 0.1) is 0 Å². The molecule has 78 valence electrons. The zero-order chi connectivity index (χ0) is 10.3. The highest BCUT2D eigenvalue weighted by molar-refractivity contribution is 5.80. The molecule has 0 bridgehead atoms. The molecule has 3 rings (SSSR count). The molecule has 0 amide bonds. The highest BCUT2D eigenvalue weighted by atomic mass is 16.8. The normalized spacial score (nSPS) is 24.6. The highest BCUT2D eigenvalue weighted by Gasteiger charge is 2.39. The largest absolute Gasteiger partial charge is 0.358 e. The lowest BCUT2D eigenvalue weighted by molar-refractivity contribution is 0.0950. The predicted molar refractivity (Wildman–Crippen MR) is 57.7 cm³/mol. The molecule has 1 aromatic heterocycles. The molecule has 0 spiro atoms. The van der Waals surface area contributed by atoms with Crippen molar-refractivity contribution >= 4 is 10.9 Å². The number of para-hydroxylation sites is 1. The number of benzene rings is 1. The van der Waals surface area contributed by atoms with E-state index < -0.39 is 0 Å². The number of rotatable bonds is 3. The Morgan fingerprint density at radius 1 is 1.40 bits per heavy atom. The van der Waals surface area contributed by atoms with Gasteiger partial charge in [-0.25, -0.2) is 0 Å². The van der Waals surface area contributed by atoms with Crippen molar-refractivity contribution in [2.75, 3.05) is 7.11 Å². The summed E-state index contributed by atoms with van der Waals surface area (Å²) < 4.78 is 10.4. The van der Waals surface area contributed by atoms with Gasteiger partial charge in [-0.3, -0.25) is 0 Å². The third-order valence-electron chi connectivity index (χ3n) is 2.78. The summed E-state index contributed by atoms with van der Waals surface area (Å²) in [7, 11) is 1.68. The fraction of sp³-hybridized carbons (Fsp3) is 0.333. The van der Waals surface area contributed by atoms with E-state index in [-0.39, 0.29) is 12.4 Å². The van der Waals surface area contributed by atoms with Crippen LogP contribution < -0.4 is 0 Å². The van der Waals surface area contributed by atoms with Gasteiger partial charge in [-0.05, 0) is 17.5 Å². The average molecular weight is 203 g/mol. The second kappa shape index (κ2) is 3.36. The Labute approximate surface area is 88.0 Å². The molecule has 0 saturated carbocycles. The number of nitrogens with one attached hydrogen (secondary N) is 1. The lowest BCUT2D eigenvalue weighted by atomic mass is 10.2. The van der Waals surface area contributed by atoms with Crippen molar-refractivity contribution in [1.82, 2.24) is 4.98 Å². The first kappa shape index (κ1) is 8.95. The molecular weight excluding hydrogens is 190 g/mol. The minimum atomic E-state index is -0.00332. The zero-order valence-corrected chi connectivity index (χ0v) is 8.57. The fourth-order valence-corrected chi connectivity index (χ4v) is 1.94. The van der Waals surface area contributed by atoms with E-state index in [9.17, 15) is 0 Å². The minimum Gasteiger partial charge on any atom is -0.358 e. The quantitative estimate of drug-likeness (QED) is 0.775. The van der Waals surface area contributed by atoms with E-state index in [1.807, 2.05) is 12.1 Å². The Kier molecular flexibility index (Phi) is 2.01. The lowest BCUT2D eigenvalue weighted by Crippen LogP contribution is -2.00. The van der Waals surface area contributed by atoms with Crippen LogP contribution >= 0.6 is 0 Å². The summed E-state index contributed by atoms with van der Waals surface area (Å²) in [5.41, 5.74) is 2.39. The van der Waals surface area contributed by atoms with Crippen LogP contribution in [0.2, 0.25) is 0 Å². The van der Waals surface area contributed by atoms with Crippen molar-refractivity contribution < 1.29 is 9.47 Å². The van der Waals surface area contributed by atoms with E-state index in [2.05, 4.69) is 23.2 Å².